The van der Waals surface area contributed by atoms with Crippen LogP contribution in [0, 0.1) is 12.8 Å². The van der Waals surface area contributed by atoms with E-state index in [1.807, 2.05) is 38.2 Å². The summed E-state index contributed by atoms with van der Waals surface area (Å²) < 4.78 is 0. The van der Waals surface area contributed by atoms with Crippen molar-refractivity contribution in [2.24, 2.45) is 5.92 Å². The fourth-order valence-corrected chi connectivity index (χ4v) is 3.97. The van der Waals surface area contributed by atoms with Crippen LogP contribution in [0.1, 0.15) is 34.2 Å². The number of nitrogens with one attached hydrogen (secondary N) is 3. The average molecular weight is 421 g/mol. The minimum absolute atomic E-state index is 0.0304. The molecule has 4 heterocycles. The zero-order valence-electron chi connectivity index (χ0n) is 18.2. The fourth-order valence-electron chi connectivity index (χ4n) is 3.97. The summed E-state index contributed by atoms with van der Waals surface area (Å²) in [6.07, 6.45) is 2.60. The Morgan fingerprint density at radius 3 is 2.81 bits per heavy atom. The van der Waals surface area contributed by atoms with Gasteiger partial charge in [-0.25, -0.2) is 4.98 Å². The zero-order chi connectivity index (χ0) is 22.0. The Balaban J connectivity index is 1.30. The van der Waals surface area contributed by atoms with Gasteiger partial charge in [0.05, 0.1) is 22.4 Å². The first-order valence-corrected chi connectivity index (χ1v) is 10.6. The summed E-state index contributed by atoms with van der Waals surface area (Å²) in [4.78, 5) is 38.0. The predicted octanol–water partition coefficient (Wildman–Crippen LogP) is 2.09. The Hall–Kier alpha value is -3.26. The Kier molecular flexibility index (Phi) is 5.99. The highest BCUT2D eigenvalue weighted by Crippen LogP contribution is 2.21. The first-order valence-electron chi connectivity index (χ1n) is 10.6. The van der Waals surface area contributed by atoms with E-state index in [0.29, 0.717) is 18.0 Å². The SMILES string of the molecule is CCc1cc2ncc(CN3CC(CNc4ccc(C(=O)NC)nc4C)C3)cc2[nH]c1=O. The number of hydrogen-bond donors (Lipinski definition) is 3. The maximum Gasteiger partial charge on any atom is 0.269 e. The van der Waals surface area contributed by atoms with Crippen LogP contribution in [-0.2, 0) is 13.0 Å². The fraction of sp³-hybridized carbons (Fsp3) is 0.391. The number of pyridine rings is 3. The van der Waals surface area contributed by atoms with Gasteiger partial charge in [0.2, 0.25) is 0 Å². The lowest BCUT2D eigenvalue weighted by Gasteiger charge is -2.39. The highest BCUT2D eigenvalue weighted by molar-refractivity contribution is 5.92. The van der Waals surface area contributed by atoms with Crippen molar-refractivity contribution in [3.63, 3.8) is 0 Å². The number of aryl methyl sites for hydroxylation is 2. The van der Waals surface area contributed by atoms with Crippen molar-refractivity contribution in [1.29, 1.82) is 0 Å². The van der Waals surface area contributed by atoms with Crippen LogP contribution in [-0.4, -0.2) is 52.4 Å². The molecule has 0 unspecified atom stereocenters. The van der Waals surface area contributed by atoms with Crippen LogP contribution in [0.15, 0.2) is 35.3 Å². The summed E-state index contributed by atoms with van der Waals surface area (Å²) in [6, 6.07) is 7.55. The molecule has 1 aliphatic heterocycles. The van der Waals surface area contributed by atoms with Crippen molar-refractivity contribution in [2.75, 3.05) is 32.0 Å². The van der Waals surface area contributed by atoms with Crippen LogP contribution in [0.4, 0.5) is 5.69 Å². The lowest BCUT2D eigenvalue weighted by molar-refractivity contribution is 0.0958. The number of carbonyl (C=O) groups is 1. The minimum Gasteiger partial charge on any atom is -0.383 e. The molecule has 1 fully saturated rings. The number of H-pyrrole nitrogens is 1. The normalized spacial score (nSPS) is 14.4. The van der Waals surface area contributed by atoms with Gasteiger partial charge in [-0.05, 0) is 43.2 Å². The van der Waals surface area contributed by atoms with Gasteiger partial charge in [0.15, 0.2) is 0 Å². The molecule has 8 nitrogen and oxygen atoms in total. The quantitative estimate of drug-likeness (QED) is 0.541. The molecule has 0 aromatic carbocycles. The average Bonchev–Trinajstić information content (AvgIpc) is 2.74. The highest BCUT2D eigenvalue weighted by atomic mass is 16.1. The number of anilines is 1. The topological polar surface area (TPSA) is 103 Å². The number of amides is 1. The molecule has 4 rings (SSSR count). The lowest BCUT2D eigenvalue weighted by atomic mass is 9.99. The molecular formula is C23H28N6O2. The zero-order valence-corrected chi connectivity index (χ0v) is 18.2. The number of likely N-dealkylation sites (tertiary alicyclic amines) is 1. The first-order chi connectivity index (χ1) is 15.0. The van der Waals surface area contributed by atoms with E-state index in [9.17, 15) is 9.59 Å². The molecule has 0 radical (unpaired) electrons. The molecule has 31 heavy (non-hydrogen) atoms. The molecule has 3 N–H and O–H groups in total. The second kappa shape index (κ2) is 8.85. The van der Waals surface area contributed by atoms with Gasteiger partial charge >= 0.3 is 0 Å². The third kappa shape index (κ3) is 4.59. The summed E-state index contributed by atoms with van der Waals surface area (Å²) in [5, 5.41) is 6.04. The van der Waals surface area contributed by atoms with Gasteiger partial charge < -0.3 is 15.6 Å². The van der Waals surface area contributed by atoms with Crippen LogP contribution >= 0.6 is 0 Å². The summed E-state index contributed by atoms with van der Waals surface area (Å²) in [5.41, 5.74) is 5.66. The van der Waals surface area contributed by atoms with E-state index < -0.39 is 0 Å². The second-order valence-electron chi connectivity index (χ2n) is 8.10. The molecular weight excluding hydrogens is 392 g/mol. The maximum absolute atomic E-state index is 12.1. The molecule has 1 aliphatic rings. The Bertz CT molecular complexity index is 1170. The van der Waals surface area contributed by atoms with Crippen LogP contribution in [0.2, 0.25) is 0 Å². The molecule has 0 aliphatic carbocycles. The van der Waals surface area contributed by atoms with Gasteiger partial charge in [-0.1, -0.05) is 6.92 Å². The van der Waals surface area contributed by atoms with Gasteiger partial charge in [0.25, 0.3) is 11.5 Å². The molecule has 1 amide bonds. The van der Waals surface area contributed by atoms with Crippen molar-refractivity contribution in [3.05, 3.63) is 63.3 Å². The second-order valence-corrected chi connectivity index (χ2v) is 8.10. The summed E-state index contributed by atoms with van der Waals surface area (Å²) in [7, 11) is 1.60. The molecule has 1 saturated heterocycles. The van der Waals surface area contributed by atoms with E-state index in [2.05, 4.69) is 30.5 Å². The van der Waals surface area contributed by atoms with Crippen molar-refractivity contribution >= 4 is 22.6 Å². The number of carbonyl (C=O) groups excluding carboxylic acids is 1. The number of aromatic nitrogens is 3. The van der Waals surface area contributed by atoms with E-state index >= 15 is 0 Å². The smallest absolute Gasteiger partial charge is 0.269 e. The molecule has 0 atom stereocenters. The Morgan fingerprint density at radius 1 is 1.29 bits per heavy atom. The van der Waals surface area contributed by atoms with Crippen LogP contribution in [0.5, 0.6) is 0 Å². The van der Waals surface area contributed by atoms with Crippen molar-refractivity contribution in [2.45, 2.75) is 26.8 Å². The van der Waals surface area contributed by atoms with Gasteiger partial charge in [0.1, 0.15) is 5.69 Å². The van der Waals surface area contributed by atoms with Gasteiger partial charge in [-0.15, -0.1) is 0 Å². The Morgan fingerprint density at radius 2 is 2.10 bits per heavy atom. The van der Waals surface area contributed by atoms with Crippen molar-refractivity contribution < 1.29 is 4.79 Å². The van der Waals surface area contributed by atoms with Crippen LogP contribution < -0.4 is 16.2 Å². The van der Waals surface area contributed by atoms with Crippen LogP contribution in [0.25, 0.3) is 11.0 Å². The third-order valence-corrected chi connectivity index (χ3v) is 5.77. The standard InChI is InChI=1S/C23H28N6O2/c1-4-17-8-20-21(28-22(17)30)7-15(9-26-20)11-29-12-16(13-29)10-25-18-5-6-19(23(31)24-3)27-14(18)2/h5-9,16,25H,4,10-13H2,1-3H3,(H,24,31)(H,28,30). The number of aromatic amines is 1. The molecule has 162 valence electrons. The molecule has 0 spiro atoms. The lowest BCUT2D eigenvalue weighted by Crippen LogP contribution is -2.48. The largest absolute Gasteiger partial charge is 0.383 e. The molecule has 3 aromatic heterocycles. The molecule has 3 aromatic rings. The number of rotatable bonds is 7. The maximum atomic E-state index is 12.1. The first kappa shape index (κ1) is 21.0. The summed E-state index contributed by atoms with van der Waals surface area (Å²) in [5.74, 6) is 0.376. The van der Waals surface area contributed by atoms with Crippen LogP contribution in [0.3, 0.4) is 0 Å². The highest BCUT2D eigenvalue weighted by Gasteiger charge is 2.26. The number of fused-ring (bicyclic) bond motifs is 1. The molecule has 0 saturated carbocycles. The number of hydrogen-bond acceptors (Lipinski definition) is 6. The predicted molar refractivity (Wildman–Crippen MR) is 121 cm³/mol. The van der Waals surface area contributed by atoms with E-state index in [1.165, 1.54) is 0 Å². The molecule has 0 bridgehead atoms. The number of nitrogens with zero attached hydrogens (tertiary/aromatic N) is 3. The van der Waals surface area contributed by atoms with E-state index in [4.69, 9.17) is 0 Å². The van der Waals surface area contributed by atoms with Gasteiger partial charge in [0, 0.05) is 50.9 Å². The monoisotopic (exact) mass is 420 g/mol. The van der Waals surface area contributed by atoms with Gasteiger partial charge in [-0.3, -0.25) is 19.5 Å². The van der Waals surface area contributed by atoms with Crippen molar-refractivity contribution in [3.8, 4) is 0 Å². The molecule has 8 heteroatoms. The van der Waals surface area contributed by atoms with Crippen molar-refractivity contribution in [1.82, 2.24) is 25.2 Å². The van der Waals surface area contributed by atoms with Gasteiger partial charge in [-0.2, -0.15) is 0 Å². The van der Waals surface area contributed by atoms with E-state index in [1.54, 1.807) is 13.1 Å². The van der Waals surface area contributed by atoms with E-state index in [-0.39, 0.29) is 11.5 Å². The Labute approximate surface area is 181 Å². The summed E-state index contributed by atoms with van der Waals surface area (Å²) >= 11 is 0. The minimum atomic E-state index is -0.178. The summed E-state index contributed by atoms with van der Waals surface area (Å²) in [6.45, 7) is 7.55. The van der Waals surface area contributed by atoms with E-state index in [0.717, 1.165) is 59.7 Å². The third-order valence-electron chi connectivity index (χ3n) is 5.77.